The van der Waals surface area contributed by atoms with Crippen molar-refractivity contribution in [3.05, 3.63) is 30.5 Å². The number of benzene rings is 1. The van der Waals surface area contributed by atoms with E-state index in [4.69, 9.17) is 5.73 Å². The van der Waals surface area contributed by atoms with Crippen molar-refractivity contribution < 1.29 is 0 Å². The molecule has 17 heavy (non-hydrogen) atoms. The number of hydrogen-bond acceptors (Lipinski definition) is 3. The third-order valence-corrected chi connectivity index (χ3v) is 3.85. The van der Waals surface area contributed by atoms with E-state index in [9.17, 15) is 0 Å². The van der Waals surface area contributed by atoms with Gasteiger partial charge in [-0.05, 0) is 42.4 Å². The Morgan fingerprint density at radius 2 is 2.12 bits per heavy atom. The van der Waals surface area contributed by atoms with Crippen LogP contribution in [0.5, 0.6) is 0 Å². The summed E-state index contributed by atoms with van der Waals surface area (Å²) in [6.07, 6.45) is 3.02. The first-order chi connectivity index (χ1) is 8.18. The summed E-state index contributed by atoms with van der Waals surface area (Å²) in [5, 5.41) is 1.06. The molecule has 0 spiro atoms. The van der Waals surface area contributed by atoms with Gasteiger partial charge in [0.1, 0.15) is 0 Å². The van der Waals surface area contributed by atoms with Gasteiger partial charge in [0.25, 0.3) is 0 Å². The van der Waals surface area contributed by atoms with E-state index in [2.05, 4.69) is 24.9 Å². The highest BCUT2D eigenvalue weighted by molar-refractivity contribution is 7.99. The zero-order valence-electron chi connectivity index (χ0n) is 10.3. The number of fused-ring (bicyclic) bond motifs is 1. The van der Waals surface area contributed by atoms with Gasteiger partial charge in [0, 0.05) is 16.5 Å². The number of anilines is 1. The Morgan fingerprint density at radius 3 is 2.88 bits per heavy atom. The third kappa shape index (κ3) is 2.91. The molecule has 2 nitrogen and oxygen atoms in total. The highest BCUT2D eigenvalue weighted by Gasteiger charge is 2.05. The van der Waals surface area contributed by atoms with Crippen molar-refractivity contribution in [2.75, 3.05) is 11.5 Å². The van der Waals surface area contributed by atoms with Crippen molar-refractivity contribution in [2.45, 2.75) is 25.2 Å². The average molecular weight is 246 g/mol. The maximum absolute atomic E-state index is 6.18. The second kappa shape index (κ2) is 5.41. The van der Waals surface area contributed by atoms with Crippen molar-refractivity contribution in [1.82, 2.24) is 4.98 Å². The minimum absolute atomic E-state index is 0.742. The van der Waals surface area contributed by atoms with Crippen LogP contribution in [0.15, 0.2) is 35.4 Å². The molecule has 0 amide bonds. The Balaban J connectivity index is 2.21. The van der Waals surface area contributed by atoms with Crippen LogP contribution < -0.4 is 5.73 Å². The fraction of sp³-hybridized carbons (Fsp3) is 0.357. The molecule has 3 heteroatoms. The van der Waals surface area contributed by atoms with Gasteiger partial charge in [-0.15, -0.1) is 11.8 Å². The molecular weight excluding hydrogens is 228 g/mol. The predicted octanol–water partition coefficient (Wildman–Crippen LogP) is 3.96. The van der Waals surface area contributed by atoms with Gasteiger partial charge in [-0.25, -0.2) is 0 Å². The molecule has 0 saturated carbocycles. The van der Waals surface area contributed by atoms with Crippen molar-refractivity contribution in [2.24, 2.45) is 5.92 Å². The van der Waals surface area contributed by atoms with E-state index in [1.54, 1.807) is 6.20 Å². The van der Waals surface area contributed by atoms with Crippen molar-refractivity contribution >= 4 is 28.4 Å². The third-order valence-electron chi connectivity index (χ3n) is 2.74. The van der Waals surface area contributed by atoms with Gasteiger partial charge in [0.2, 0.25) is 0 Å². The highest BCUT2D eigenvalue weighted by atomic mass is 32.2. The van der Waals surface area contributed by atoms with Crippen LogP contribution >= 0.6 is 11.8 Å². The van der Waals surface area contributed by atoms with Crippen molar-refractivity contribution in [1.29, 1.82) is 0 Å². The molecule has 0 saturated heterocycles. The molecule has 90 valence electrons. The Morgan fingerprint density at radius 1 is 1.29 bits per heavy atom. The fourth-order valence-electron chi connectivity index (χ4n) is 1.69. The largest absolute Gasteiger partial charge is 0.397 e. The summed E-state index contributed by atoms with van der Waals surface area (Å²) in [5.41, 5.74) is 8.01. The molecule has 0 aliphatic heterocycles. The van der Waals surface area contributed by atoms with Gasteiger partial charge >= 0.3 is 0 Å². The van der Waals surface area contributed by atoms with Crippen LogP contribution in [-0.2, 0) is 0 Å². The number of thioether (sulfide) groups is 1. The first-order valence-corrected chi connectivity index (χ1v) is 6.93. The molecule has 2 rings (SSSR count). The summed E-state index contributed by atoms with van der Waals surface area (Å²) in [7, 11) is 0. The molecule has 1 heterocycles. The second-order valence-electron chi connectivity index (χ2n) is 4.58. The molecule has 2 N–H and O–H groups in total. The molecule has 1 aromatic carbocycles. The standard InChI is InChI=1S/C14H18N2S/c1-10(2)7-9-17-13-6-5-12-11(14(13)15)4-3-8-16-12/h3-6,8,10H,7,9,15H2,1-2H3. The van der Waals surface area contributed by atoms with Crippen LogP contribution in [0.4, 0.5) is 5.69 Å². The minimum Gasteiger partial charge on any atom is -0.397 e. The van der Waals surface area contributed by atoms with Crippen LogP contribution in [0.2, 0.25) is 0 Å². The lowest BCUT2D eigenvalue weighted by molar-refractivity contribution is 0.632. The average Bonchev–Trinajstić information content (AvgIpc) is 2.32. The fourth-order valence-corrected chi connectivity index (χ4v) is 2.92. The quantitative estimate of drug-likeness (QED) is 0.655. The molecule has 0 atom stereocenters. The van der Waals surface area contributed by atoms with Gasteiger partial charge in [-0.3, -0.25) is 4.98 Å². The molecule has 0 unspecified atom stereocenters. The Bertz CT molecular complexity index is 509. The summed E-state index contributed by atoms with van der Waals surface area (Å²) < 4.78 is 0. The lowest BCUT2D eigenvalue weighted by Crippen LogP contribution is -1.94. The number of nitrogens with two attached hydrogens (primary N) is 1. The van der Waals surface area contributed by atoms with Crippen LogP contribution in [-0.4, -0.2) is 10.7 Å². The maximum atomic E-state index is 6.18. The topological polar surface area (TPSA) is 38.9 Å². The molecule has 0 aliphatic carbocycles. The number of rotatable bonds is 4. The van der Waals surface area contributed by atoms with Crippen LogP contribution in [0.25, 0.3) is 10.9 Å². The van der Waals surface area contributed by atoms with Gasteiger partial charge in [-0.2, -0.15) is 0 Å². The molecule has 0 radical (unpaired) electrons. The summed E-state index contributed by atoms with van der Waals surface area (Å²) >= 11 is 1.84. The summed E-state index contributed by atoms with van der Waals surface area (Å²) in [6.45, 7) is 4.49. The minimum atomic E-state index is 0.742. The molecule has 0 aliphatic rings. The summed E-state index contributed by atoms with van der Waals surface area (Å²) in [5.74, 6) is 1.86. The number of nitrogens with zero attached hydrogens (tertiary/aromatic N) is 1. The van der Waals surface area contributed by atoms with Gasteiger partial charge in [0.15, 0.2) is 0 Å². The number of nitrogen functional groups attached to an aromatic ring is 1. The summed E-state index contributed by atoms with van der Waals surface area (Å²) in [4.78, 5) is 5.47. The zero-order valence-corrected chi connectivity index (χ0v) is 11.1. The SMILES string of the molecule is CC(C)CCSc1ccc2ncccc2c1N. The number of hydrogen-bond donors (Lipinski definition) is 1. The zero-order chi connectivity index (χ0) is 12.3. The summed E-state index contributed by atoms with van der Waals surface area (Å²) in [6, 6.07) is 8.09. The first kappa shape index (κ1) is 12.2. The van der Waals surface area contributed by atoms with Crippen LogP contribution in [0.3, 0.4) is 0 Å². The van der Waals surface area contributed by atoms with Gasteiger partial charge in [0.05, 0.1) is 11.2 Å². The molecule has 2 aromatic rings. The van der Waals surface area contributed by atoms with Crippen LogP contribution in [0.1, 0.15) is 20.3 Å². The van der Waals surface area contributed by atoms with Crippen LogP contribution in [0, 0.1) is 5.92 Å². The van der Waals surface area contributed by atoms with Crippen molar-refractivity contribution in [3.63, 3.8) is 0 Å². The van der Waals surface area contributed by atoms with E-state index >= 15 is 0 Å². The highest BCUT2D eigenvalue weighted by Crippen LogP contribution is 2.31. The normalized spacial score (nSPS) is 11.2. The van der Waals surface area contributed by atoms with E-state index in [1.807, 2.05) is 30.0 Å². The van der Waals surface area contributed by atoms with E-state index in [1.165, 1.54) is 11.3 Å². The lowest BCUT2D eigenvalue weighted by atomic mass is 10.2. The Hall–Kier alpha value is -1.22. The molecular formula is C14H18N2S. The lowest BCUT2D eigenvalue weighted by Gasteiger charge is -2.09. The number of aromatic nitrogens is 1. The van der Waals surface area contributed by atoms with Gasteiger partial charge in [-0.1, -0.05) is 13.8 Å². The van der Waals surface area contributed by atoms with E-state index in [-0.39, 0.29) is 0 Å². The second-order valence-corrected chi connectivity index (χ2v) is 5.72. The monoisotopic (exact) mass is 246 g/mol. The molecule has 0 bridgehead atoms. The Labute approximate surface area is 107 Å². The van der Waals surface area contributed by atoms with E-state index in [0.29, 0.717) is 0 Å². The van der Waals surface area contributed by atoms with E-state index < -0.39 is 0 Å². The maximum Gasteiger partial charge on any atom is 0.0723 e. The van der Waals surface area contributed by atoms with Gasteiger partial charge < -0.3 is 5.73 Å². The Kier molecular flexibility index (Phi) is 3.89. The molecule has 1 aromatic heterocycles. The first-order valence-electron chi connectivity index (χ1n) is 5.94. The molecule has 0 fully saturated rings. The van der Waals surface area contributed by atoms with Crippen molar-refractivity contribution in [3.8, 4) is 0 Å². The number of pyridine rings is 1. The van der Waals surface area contributed by atoms with E-state index in [0.717, 1.165) is 28.3 Å². The predicted molar refractivity (Wildman–Crippen MR) is 76.3 cm³/mol. The smallest absolute Gasteiger partial charge is 0.0723 e.